The molecule has 1 aliphatic rings. The Kier molecular flexibility index (Phi) is 4.84. The third-order valence-corrected chi connectivity index (χ3v) is 3.59. The molecule has 0 unspecified atom stereocenters. The first-order valence-electron chi connectivity index (χ1n) is 8.01. The summed E-state index contributed by atoms with van der Waals surface area (Å²) in [6.45, 7) is 3.87. The lowest BCUT2D eigenvalue weighted by Crippen LogP contribution is -2.06. The molecule has 0 aromatic heterocycles. The Labute approximate surface area is 145 Å². The van der Waals surface area contributed by atoms with E-state index in [1.807, 2.05) is 31.2 Å². The summed E-state index contributed by atoms with van der Waals surface area (Å²) in [5.41, 5.74) is 1.24. The minimum absolute atomic E-state index is 0.0167. The Hall–Kier alpha value is -3.08. The Morgan fingerprint density at radius 3 is 2.72 bits per heavy atom. The lowest BCUT2D eigenvalue weighted by molar-refractivity contribution is -0.118. The molecule has 0 aliphatic carbocycles. The third kappa shape index (κ3) is 3.71. The fourth-order valence-electron chi connectivity index (χ4n) is 2.47. The molecule has 0 radical (unpaired) electrons. The van der Waals surface area contributed by atoms with Crippen molar-refractivity contribution in [2.45, 2.75) is 13.8 Å². The summed E-state index contributed by atoms with van der Waals surface area (Å²) in [5, 5.41) is 0. The maximum Gasteiger partial charge on any atom is 0.231 e. The van der Waals surface area contributed by atoms with E-state index in [-0.39, 0.29) is 23.9 Å². The van der Waals surface area contributed by atoms with Crippen molar-refractivity contribution in [2.75, 3.05) is 13.2 Å². The molecule has 0 spiro atoms. The van der Waals surface area contributed by atoms with Gasteiger partial charge in [0.25, 0.3) is 0 Å². The SMILES string of the molecule is CCOc1ccccc1/C=C1/Oc2cc(OCC(C)=O)ccc2C1=O. The topological polar surface area (TPSA) is 61.8 Å². The number of benzene rings is 2. The number of carbonyl (C=O) groups excluding carboxylic acids is 2. The van der Waals surface area contributed by atoms with Gasteiger partial charge in [-0.15, -0.1) is 0 Å². The van der Waals surface area contributed by atoms with Crippen LogP contribution in [0.3, 0.4) is 0 Å². The fraction of sp³-hybridized carbons (Fsp3) is 0.200. The summed E-state index contributed by atoms with van der Waals surface area (Å²) in [6.07, 6.45) is 1.67. The van der Waals surface area contributed by atoms with Crippen LogP contribution in [-0.4, -0.2) is 24.8 Å². The molecule has 0 N–H and O–H groups in total. The smallest absolute Gasteiger partial charge is 0.231 e. The van der Waals surface area contributed by atoms with Crippen molar-refractivity contribution in [3.63, 3.8) is 0 Å². The molecule has 0 bridgehead atoms. The van der Waals surface area contributed by atoms with Crippen LogP contribution in [0.25, 0.3) is 6.08 Å². The molecule has 128 valence electrons. The third-order valence-electron chi connectivity index (χ3n) is 3.59. The van der Waals surface area contributed by atoms with Gasteiger partial charge in [-0.3, -0.25) is 9.59 Å². The van der Waals surface area contributed by atoms with Crippen LogP contribution < -0.4 is 14.2 Å². The fourth-order valence-corrected chi connectivity index (χ4v) is 2.47. The lowest BCUT2D eigenvalue weighted by atomic mass is 10.1. The number of hydrogen-bond acceptors (Lipinski definition) is 5. The molecule has 5 nitrogen and oxygen atoms in total. The van der Waals surface area contributed by atoms with Gasteiger partial charge in [0.2, 0.25) is 5.78 Å². The molecule has 0 fully saturated rings. The van der Waals surface area contributed by atoms with Gasteiger partial charge in [-0.25, -0.2) is 0 Å². The summed E-state index contributed by atoms with van der Waals surface area (Å²) in [4.78, 5) is 23.5. The second-order valence-corrected chi connectivity index (χ2v) is 5.56. The highest BCUT2D eigenvalue weighted by atomic mass is 16.5. The van der Waals surface area contributed by atoms with Gasteiger partial charge in [-0.1, -0.05) is 18.2 Å². The standard InChI is InChI=1S/C20H18O5/c1-3-23-17-7-5-4-6-14(17)10-19-20(22)16-9-8-15(11-18(16)25-19)24-12-13(2)21/h4-11H,3,12H2,1-2H3/b19-10+. The predicted octanol–water partition coefficient (Wildman–Crippen LogP) is 3.67. The van der Waals surface area contributed by atoms with Gasteiger partial charge in [0, 0.05) is 11.6 Å². The highest BCUT2D eigenvalue weighted by Crippen LogP contribution is 2.35. The summed E-state index contributed by atoms with van der Waals surface area (Å²) in [7, 11) is 0. The Morgan fingerprint density at radius 1 is 1.16 bits per heavy atom. The molecule has 0 amide bonds. The summed E-state index contributed by atoms with van der Waals surface area (Å²) in [5.74, 6) is 1.55. The van der Waals surface area contributed by atoms with E-state index in [0.29, 0.717) is 29.4 Å². The highest BCUT2D eigenvalue weighted by Gasteiger charge is 2.28. The second kappa shape index (κ2) is 7.21. The van der Waals surface area contributed by atoms with Crippen molar-refractivity contribution in [1.29, 1.82) is 0 Å². The number of Topliss-reactive ketones (excluding diaryl/α,β-unsaturated/α-hetero) is 2. The summed E-state index contributed by atoms with van der Waals surface area (Å²) >= 11 is 0. The van der Waals surface area contributed by atoms with Crippen LogP contribution >= 0.6 is 0 Å². The monoisotopic (exact) mass is 338 g/mol. The summed E-state index contributed by atoms with van der Waals surface area (Å²) < 4.78 is 16.6. The van der Waals surface area contributed by atoms with Gasteiger partial charge in [0.1, 0.15) is 23.9 Å². The molecule has 0 atom stereocenters. The van der Waals surface area contributed by atoms with Crippen molar-refractivity contribution in [2.24, 2.45) is 0 Å². The number of allylic oxidation sites excluding steroid dienone is 1. The first-order valence-corrected chi connectivity index (χ1v) is 8.01. The zero-order valence-corrected chi connectivity index (χ0v) is 14.1. The van der Waals surface area contributed by atoms with Gasteiger partial charge in [-0.05, 0) is 38.1 Å². The number of carbonyl (C=O) groups is 2. The minimum atomic E-state index is -0.195. The number of rotatable bonds is 6. The Balaban J connectivity index is 1.86. The van der Waals surface area contributed by atoms with E-state index in [4.69, 9.17) is 14.2 Å². The first kappa shape index (κ1) is 16.8. The number of hydrogen-bond donors (Lipinski definition) is 0. The molecule has 2 aromatic carbocycles. The van der Waals surface area contributed by atoms with Gasteiger partial charge in [0.05, 0.1) is 12.2 Å². The van der Waals surface area contributed by atoms with Crippen LogP contribution in [-0.2, 0) is 4.79 Å². The van der Waals surface area contributed by atoms with E-state index >= 15 is 0 Å². The molecule has 5 heteroatoms. The van der Waals surface area contributed by atoms with E-state index in [2.05, 4.69) is 0 Å². The molecular weight excluding hydrogens is 320 g/mol. The normalized spacial score (nSPS) is 14.2. The Morgan fingerprint density at radius 2 is 1.96 bits per heavy atom. The largest absolute Gasteiger partial charge is 0.493 e. The molecule has 0 saturated heterocycles. The van der Waals surface area contributed by atoms with Crippen molar-refractivity contribution in [3.05, 3.63) is 59.4 Å². The number of fused-ring (bicyclic) bond motifs is 1. The van der Waals surface area contributed by atoms with Crippen LogP contribution in [0.1, 0.15) is 29.8 Å². The molecule has 0 saturated carbocycles. The number of ketones is 2. The number of para-hydroxylation sites is 1. The van der Waals surface area contributed by atoms with Crippen molar-refractivity contribution in [3.8, 4) is 17.2 Å². The van der Waals surface area contributed by atoms with E-state index in [1.54, 1.807) is 24.3 Å². The molecule has 2 aromatic rings. The van der Waals surface area contributed by atoms with Crippen LogP contribution in [0.15, 0.2) is 48.2 Å². The zero-order valence-electron chi connectivity index (χ0n) is 14.1. The van der Waals surface area contributed by atoms with Gasteiger partial charge in [-0.2, -0.15) is 0 Å². The van der Waals surface area contributed by atoms with E-state index in [0.717, 1.165) is 5.56 Å². The van der Waals surface area contributed by atoms with Gasteiger partial charge < -0.3 is 14.2 Å². The maximum absolute atomic E-state index is 12.5. The number of ether oxygens (including phenoxy) is 3. The quantitative estimate of drug-likeness (QED) is 0.752. The van der Waals surface area contributed by atoms with Crippen molar-refractivity contribution in [1.82, 2.24) is 0 Å². The molecule has 25 heavy (non-hydrogen) atoms. The van der Waals surface area contributed by atoms with E-state index < -0.39 is 0 Å². The van der Waals surface area contributed by atoms with Gasteiger partial charge >= 0.3 is 0 Å². The lowest BCUT2D eigenvalue weighted by Gasteiger charge is -2.07. The molecule has 1 aliphatic heterocycles. The molecule has 1 heterocycles. The zero-order chi connectivity index (χ0) is 17.8. The molecular formula is C20H18O5. The second-order valence-electron chi connectivity index (χ2n) is 5.56. The van der Waals surface area contributed by atoms with Crippen LogP contribution in [0.2, 0.25) is 0 Å². The Bertz CT molecular complexity index is 851. The van der Waals surface area contributed by atoms with Crippen molar-refractivity contribution < 1.29 is 23.8 Å². The average molecular weight is 338 g/mol. The van der Waals surface area contributed by atoms with E-state index in [1.165, 1.54) is 6.92 Å². The predicted molar refractivity (Wildman–Crippen MR) is 93.2 cm³/mol. The van der Waals surface area contributed by atoms with Crippen molar-refractivity contribution >= 4 is 17.6 Å². The minimum Gasteiger partial charge on any atom is -0.493 e. The summed E-state index contributed by atoms with van der Waals surface area (Å²) in [6, 6.07) is 12.4. The maximum atomic E-state index is 12.5. The average Bonchev–Trinajstić information content (AvgIpc) is 2.90. The van der Waals surface area contributed by atoms with E-state index in [9.17, 15) is 9.59 Å². The first-order chi connectivity index (χ1) is 12.1. The van der Waals surface area contributed by atoms with Crippen LogP contribution in [0.5, 0.6) is 17.2 Å². The molecule has 3 rings (SSSR count). The highest BCUT2D eigenvalue weighted by molar-refractivity contribution is 6.14. The van der Waals surface area contributed by atoms with Gasteiger partial charge in [0.15, 0.2) is 11.5 Å². The van der Waals surface area contributed by atoms with Crippen LogP contribution in [0.4, 0.5) is 0 Å². The van der Waals surface area contributed by atoms with Crippen LogP contribution in [0, 0.1) is 0 Å².